The van der Waals surface area contributed by atoms with E-state index in [-0.39, 0.29) is 6.09 Å². The Balaban J connectivity index is 1.88. The van der Waals surface area contributed by atoms with Gasteiger partial charge >= 0.3 is 18.0 Å². The lowest BCUT2D eigenvalue weighted by molar-refractivity contribution is 0.0144. The fourth-order valence-electron chi connectivity index (χ4n) is 3.30. The number of amides is 1. The number of ether oxygens (including phenoxy) is 3. The first-order valence-electron chi connectivity index (χ1n) is 10.1. The van der Waals surface area contributed by atoms with Gasteiger partial charge in [0, 0.05) is 26.2 Å². The Bertz CT molecular complexity index is 729. The van der Waals surface area contributed by atoms with Crippen LogP contribution >= 0.6 is 0 Å². The zero-order valence-electron chi connectivity index (χ0n) is 18.5. The topological polar surface area (TPSA) is 85.4 Å². The van der Waals surface area contributed by atoms with E-state index >= 15 is 0 Å². The second-order valence-corrected chi connectivity index (χ2v) is 8.31. The number of benzene rings is 1. The molecule has 1 aliphatic heterocycles. The van der Waals surface area contributed by atoms with Gasteiger partial charge in [-0.1, -0.05) is 0 Å². The van der Waals surface area contributed by atoms with E-state index in [4.69, 9.17) is 14.2 Å². The van der Waals surface area contributed by atoms with E-state index in [1.165, 1.54) is 20.3 Å². The van der Waals surface area contributed by atoms with Crippen molar-refractivity contribution in [3.8, 4) is 0 Å². The van der Waals surface area contributed by atoms with Crippen molar-refractivity contribution >= 4 is 18.0 Å². The number of hydrogen-bond acceptors (Lipinski definition) is 7. The van der Waals surface area contributed by atoms with Gasteiger partial charge in [0.05, 0.1) is 25.3 Å². The molecule has 8 nitrogen and oxygen atoms in total. The van der Waals surface area contributed by atoms with Crippen LogP contribution in [0.4, 0.5) is 4.79 Å². The first-order chi connectivity index (χ1) is 14.1. The zero-order valence-corrected chi connectivity index (χ0v) is 18.5. The van der Waals surface area contributed by atoms with E-state index < -0.39 is 17.5 Å². The highest BCUT2D eigenvalue weighted by Crippen LogP contribution is 2.16. The molecule has 0 unspecified atom stereocenters. The smallest absolute Gasteiger partial charge is 0.410 e. The van der Waals surface area contributed by atoms with Gasteiger partial charge in [0.1, 0.15) is 5.60 Å². The zero-order chi connectivity index (χ0) is 22.3. The summed E-state index contributed by atoms with van der Waals surface area (Å²) in [6.07, 6.45) is 1.30. The number of piperazine rings is 1. The van der Waals surface area contributed by atoms with Crippen molar-refractivity contribution < 1.29 is 28.6 Å². The van der Waals surface area contributed by atoms with Gasteiger partial charge in [-0.15, -0.1) is 0 Å². The second-order valence-electron chi connectivity index (χ2n) is 8.31. The Morgan fingerprint density at radius 2 is 1.43 bits per heavy atom. The van der Waals surface area contributed by atoms with Crippen LogP contribution in [-0.2, 0) is 20.6 Å². The monoisotopic (exact) mass is 420 g/mol. The molecule has 30 heavy (non-hydrogen) atoms. The summed E-state index contributed by atoms with van der Waals surface area (Å²) in [4.78, 5) is 40.0. The molecule has 1 aromatic carbocycles. The Labute approximate surface area is 178 Å². The first-order valence-corrected chi connectivity index (χ1v) is 10.1. The number of carbonyl (C=O) groups excluding carboxylic acids is 3. The van der Waals surface area contributed by atoms with Crippen LogP contribution in [0.15, 0.2) is 18.2 Å². The molecule has 0 spiro atoms. The van der Waals surface area contributed by atoms with E-state index in [1.807, 2.05) is 20.8 Å². The molecule has 2 rings (SSSR count). The number of carbonyl (C=O) groups is 3. The molecule has 0 aliphatic carbocycles. The molecule has 1 fully saturated rings. The minimum absolute atomic E-state index is 0.267. The molecule has 1 aromatic rings. The molecule has 0 bridgehead atoms. The quantitative estimate of drug-likeness (QED) is 0.517. The van der Waals surface area contributed by atoms with Crippen molar-refractivity contribution in [2.24, 2.45) is 0 Å². The SMILES string of the molecule is COC(=O)c1cc(CCCN2CCN(C(=O)OC(C)(C)C)CC2)cc(C(=O)OC)c1. The van der Waals surface area contributed by atoms with Crippen LogP contribution in [-0.4, -0.2) is 80.4 Å². The van der Waals surface area contributed by atoms with Crippen LogP contribution < -0.4 is 0 Å². The van der Waals surface area contributed by atoms with Gasteiger partial charge in [-0.3, -0.25) is 4.90 Å². The highest BCUT2D eigenvalue weighted by Gasteiger charge is 2.25. The predicted octanol–water partition coefficient (Wildman–Crippen LogP) is 2.75. The Morgan fingerprint density at radius 3 is 1.90 bits per heavy atom. The van der Waals surface area contributed by atoms with Gasteiger partial charge in [-0.05, 0) is 63.9 Å². The molecule has 1 amide bonds. The van der Waals surface area contributed by atoms with E-state index in [0.29, 0.717) is 30.6 Å². The van der Waals surface area contributed by atoms with Crippen LogP contribution in [0, 0.1) is 0 Å². The molecule has 1 saturated heterocycles. The van der Waals surface area contributed by atoms with Crippen molar-refractivity contribution in [2.75, 3.05) is 46.9 Å². The lowest BCUT2D eigenvalue weighted by Gasteiger charge is -2.35. The maximum atomic E-state index is 12.2. The van der Waals surface area contributed by atoms with Crippen molar-refractivity contribution in [1.82, 2.24) is 9.80 Å². The number of rotatable bonds is 6. The molecule has 1 heterocycles. The first kappa shape index (κ1) is 23.7. The van der Waals surface area contributed by atoms with Crippen LogP contribution in [0.1, 0.15) is 53.5 Å². The molecule has 0 atom stereocenters. The Kier molecular flexibility index (Phi) is 8.23. The molecular weight excluding hydrogens is 388 g/mol. The summed E-state index contributed by atoms with van der Waals surface area (Å²) >= 11 is 0. The standard InChI is InChI=1S/C22H32N2O6/c1-22(2,3)30-21(27)24-11-9-23(10-12-24)8-6-7-16-13-17(19(25)28-4)15-18(14-16)20(26)29-5/h13-15H,6-12H2,1-5H3. The van der Waals surface area contributed by atoms with Crippen LogP contribution in [0.5, 0.6) is 0 Å². The normalized spacial score (nSPS) is 14.9. The third-order valence-electron chi connectivity index (χ3n) is 4.80. The fourth-order valence-corrected chi connectivity index (χ4v) is 3.30. The summed E-state index contributed by atoms with van der Waals surface area (Å²) in [7, 11) is 2.62. The average Bonchev–Trinajstić information content (AvgIpc) is 2.71. The van der Waals surface area contributed by atoms with E-state index in [0.717, 1.165) is 31.6 Å². The highest BCUT2D eigenvalue weighted by molar-refractivity contribution is 5.95. The maximum Gasteiger partial charge on any atom is 0.410 e. The molecule has 8 heteroatoms. The van der Waals surface area contributed by atoms with Crippen LogP contribution in [0.25, 0.3) is 0 Å². The summed E-state index contributed by atoms with van der Waals surface area (Å²) in [5, 5.41) is 0. The average molecular weight is 421 g/mol. The summed E-state index contributed by atoms with van der Waals surface area (Å²) < 4.78 is 15.0. The van der Waals surface area contributed by atoms with Crippen LogP contribution in [0.3, 0.4) is 0 Å². The molecular formula is C22H32N2O6. The van der Waals surface area contributed by atoms with Gasteiger partial charge in [-0.2, -0.15) is 0 Å². The van der Waals surface area contributed by atoms with E-state index in [2.05, 4.69) is 4.90 Å². The van der Waals surface area contributed by atoms with Crippen molar-refractivity contribution in [1.29, 1.82) is 0 Å². The van der Waals surface area contributed by atoms with Crippen molar-refractivity contribution in [2.45, 2.75) is 39.2 Å². The summed E-state index contributed by atoms with van der Waals surface area (Å²) in [6, 6.07) is 4.98. The minimum atomic E-state index is -0.490. The third-order valence-corrected chi connectivity index (χ3v) is 4.80. The molecule has 1 aliphatic rings. The second kappa shape index (κ2) is 10.4. The predicted molar refractivity (Wildman–Crippen MR) is 112 cm³/mol. The van der Waals surface area contributed by atoms with Crippen molar-refractivity contribution in [3.05, 3.63) is 34.9 Å². The Morgan fingerprint density at radius 1 is 0.900 bits per heavy atom. The third kappa shape index (κ3) is 7.02. The number of methoxy groups -OCH3 is 2. The maximum absolute atomic E-state index is 12.2. The number of hydrogen-bond donors (Lipinski definition) is 0. The van der Waals surface area contributed by atoms with Gasteiger partial charge < -0.3 is 19.1 Å². The van der Waals surface area contributed by atoms with Gasteiger partial charge in [0.15, 0.2) is 0 Å². The molecule has 0 N–H and O–H groups in total. The summed E-state index contributed by atoms with van der Waals surface area (Å²) in [5.74, 6) is -0.972. The largest absolute Gasteiger partial charge is 0.465 e. The lowest BCUT2D eigenvalue weighted by atomic mass is 10.0. The molecule has 166 valence electrons. The fraction of sp³-hybridized carbons (Fsp3) is 0.591. The Hall–Kier alpha value is -2.61. The van der Waals surface area contributed by atoms with E-state index in [9.17, 15) is 14.4 Å². The van der Waals surface area contributed by atoms with Crippen molar-refractivity contribution in [3.63, 3.8) is 0 Å². The number of esters is 2. The molecule has 0 aromatic heterocycles. The molecule has 0 radical (unpaired) electrons. The van der Waals surface area contributed by atoms with Gasteiger partial charge in [0.2, 0.25) is 0 Å². The lowest BCUT2D eigenvalue weighted by Crippen LogP contribution is -2.50. The summed E-state index contributed by atoms with van der Waals surface area (Å²) in [5.41, 5.74) is 1.06. The minimum Gasteiger partial charge on any atom is -0.465 e. The number of nitrogens with zero attached hydrogens (tertiary/aromatic N) is 2. The van der Waals surface area contributed by atoms with Crippen LogP contribution in [0.2, 0.25) is 0 Å². The van der Waals surface area contributed by atoms with E-state index in [1.54, 1.807) is 17.0 Å². The van der Waals surface area contributed by atoms with Gasteiger partial charge in [0.25, 0.3) is 0 Å². The highest BCUT2D eigenvalue weighted by atomic mass is 16.6. The van der Waals surface area contributed by atoms with Gasteiger partial charge in [-0.25, -0.2) is 14.4 Å². The molecule has 0 saturated carbocycles. The number of aryl methyl sites for hydroxylation is 1. The summed E-state index contributed by atoms with van der Waals surface area (Å²) in [6.45, 7) is 9.30.